The van der Waals surface area contributed by atoms with Crippen molar-refractivity contribution in [3.8, 4) is 11.4 Å². The second-order valence-corrected chi connectivity index (χ2v) is 6.81. The predicted molar refractivity (Wildman–Crippen MR) is 108 cm³/mol. The Labute approximate surface area is 170 Å². The number of hydrogen-bond donors (Lipinski definition) is 1. The van der Waals surface area contributed by atoms with Crippen molar-refractivity contribution in [3.63, 3.8) is 0 Å². The summed E-state index contributed by atoms with van der Waals surface area (Å²) in [4.78, 5) is 23.1. The molecule has 1 aromatic heterocycles. The van der Waals surface area contributed by atoms with Crippen LogP contribution in [0.4, 0.5) is 11.4 Å². The molecular formula is C18H18N6O4S. The number of aryl methyl sites for hydroxylation is 1. The molecule has 3 rings (SSSR count). The monoisotopic (exact) mass is 414 g/mol. The van der Waals surface area contributed by atoms with Gasteiger partial charge in [-0.05, 0) is 48.0 Å². The first-order chi connectivity index (χ1) is 14.0. The Balaban J connectivity index is 1.70. The molecule has 0 saturated carbocycles. The Morgan fingerprint density at radius 2 is 2.10 bits per heavy atom. The average molecular weight is 414 g/mol. The number of nitrogens with one attached hydrogen (secondary N) is 1. The quantitative estimate of drug-likeness (QED) is 0.339. The number of amides is 1. The van der Waals surface area contributed by atoms with Crippen LogP contribution in [0.5, 0.6) is 5.75 Å². The van der Waals surface area contributed by atoms with Crippen molar-refractivity contribution in [2.75, 3.05) is 17.7 Å². The predicted octanol–water partition coefficient (Wildman–Crippen LogP) is 3.01. The van der Waals surface area contributed by atoms with Crippen molar-refractivity contribution in [1.82, 2.24) is 20.2 Å². The summed E-state index contributed by atoms with van der Waals surface area (Å²) >= 11 is 1.13. The van der Waals surface area contributed by atoms with E-state index in [0.717, 1.165) is 23.0 Å². The molecule has 11 heteroatoms. The number of thioether (sulfide) groups is 1. The van der Waals surface area contributed by atoms with E-state index in [2.05, 4.69) is 20.8 Å². The van der Waals surface area contributed by atoms with Crippen molar-refractivity contribution in [2.45, 2.75) is 19.0 Å². The topological polar surface area (TPSA) is 125 Å². The molecule has 0 unspecified atom stereocenters. The summed E-state index contributed by atoms with van der Waals surface area (Å²) in [6.07, 6.45) is 0. The molecular weight excluding hydrogens is 396 g/mol. The van der Waals surface area contributed by atoms with Crippen LogP contribution >= 0.6 is 11.8 Å². The molecule has 0 fully saturated rings. The van der Waals surface area contributed by atoms with Crippen molar-refractivity contribution >= 4 is 29.0 Å². The van der Waals surface area contributed by atoms with Gasteiger partial charge in [0.1, 0.15) is 11.4 Å². The molecule has 1 N–H and O–H groups in total. The summed E-state index contributed by atoms with van der Waals surface area (Å²) in [6.45, 7) is 4.10. The number of para-hydroxylation sites is 1. The van der Waals surface area contributed by atoms with Crippen LogP contribution in [0.2, 0.25) is 0 Å². The van der Waals surface area contributed by atoms with E-state index in [1.54, 1.807) is 17.7 Å². The van der Waals surface area contributed by atoms with Crippen LogP contribution in [0, 0.1) is 17.0 Å². The van der Waals surface area contributed by atoms with Gasteiger partial charge in [-0.3, -0.25) is 14.9 Å². The molecule has 3 aromatic rings. The maximum Gasteiger partial charge on any atom is 0.296 e. The molecule has 0 aliphatic carbocycles. The molecule has 0 aliphatic rings. The minimum absolute atomic E-state index is 0.0172. The average Bonchev–Trinajstić information content (AvgIpc) is 3.16. The SMILES string of the molecule is CCOc1ccc(NC(=O)CSc2nnnn2-c2ccccc2C)c([N+](=O)[O-])c1. The van der Waals surface area contributed by atoms with Crippen LogP contribution in [-0.2, 0) is 4.79 Å². The maximum atomic E-state index is 12.3. The first-order valence-corrected chi connectivity index (χ1v) is 9.66. The fourth-order valence-corrected chi connectivity index (χ4v) is 3.25. The Bertz CT molecular complexity index is 1040. The van der Waals surface area contributed by atoms with Gasteiger partial charge in [-0.1, -0.05) is 30.0 Å². The molecule has 1 amide bonds. The Morgan fingerprint density at radius 3 is 2.83 bits per heavy atom. The third kappa shape index (κ3) is 4.88. The molecule has 0 aliphatic heterocycles. The summed E-state index contributed by atoms with van der Waals surface area (Å²) in [5.74, 6) is -0.0676. The fourth-order valence-electron chi connectivity index (χ4n) is 2.56. The van der Waals surface area contributed by atoms with Gasteiger partial charge in [0, 0.05) is 0 Å². The number of benzene rings is 2. The van der Waals surface area contributed by atoms with Gasteiger partial charge in [-0.2, -0.15) is 4.68 Å². The Kier molecular flexibility index (Phi) is 6.39. The van der Waals surface area contributed by atoms with E-state index >= 15 is 0 Å². The lowest BCUT2D eigenvalue weighted by atomic mass is 10.2. The van der Waals surface area contributed by atoms with Crippen molar-refractivity contribution in [1.29, 1.82) is 0 Å². The van der Waals surface area contributed by atoms with Gasteiger partial charge in [0.15, 0.2) is 0 Å². The van der Waals surface area contributed by atoms with Gasteiger partial charge < -0.3 is 10.1 Å². The minimum atomic E-state index is -0.565. The highest BCUT2D eigenvalue weighted by Gasteiger charge is 2.18. The summed E-state index contributed by atoms with van der Waals surface area (Å²) in [7, 11) is 0. The molecule has 1 heterocycles. The second-order valence-electron chi connectivity index (χ2n) is 5.87. The van der Waals surface area contributed by atoms with Gasteiger partial charge in [-0.15, -0.1) is 5.10 Å². The van der Waals surface area contributed by atoms with Crippen LogP contribution in [0.25, 0.3) is 5.69 Å². The summed E-state index contributed by atoms with van der Waals surface area (Å²) in [6, 6.07) is 11.9. The van der Waals surface area contributed by atoms with E-state index in [1.165, 1.54) is 12.1 Å². The molecule has 0 atom stereocenters. The molecule has 0 bridgehead atoms. The number of carbonyl (C=O) groups excluding carboxylic acids is 1. The van der Waals surface area contributed by atoms with E-state index < -0.39 is 10.8 Å². The minimum Gasteiger partial charge on any atom is -0.494 e. The van der Waals surface area contributed by atoms with Gasteiger partial charge in [0.25, 0.3) is 5.69 Å². The fraction of sp³-hybridized carbons (Fsp3) is 0.222. The number of rotatable bonds is 8. The molecule has 150 valence electrons. The number of nitro groups is 1. The smallest absolute Gasteiger partial charge is 0.296 e. The zero-order chi connectivity index (χ0) is 20.8. The highest BCUT2D eigenvalue weighted by atomic mass is 32.2. The van der Waals surface area contributed by atoms with Crippen molar-refractivity contribution < 1.29 is 14.5 Å². The highest BCUT2D eigenvalue weighted by Crippen LogP contribution is 2.29. The second kappa shape index (κ2) is 9.15. The lowest BCUT2D eigenvalue weighted by Gasteiger charge is -2.09. The van der Waals surface area contributed by atoms with Crippen LogP contribution in [0.15, 0.2) is 47.6 Å². The molecule has 0 spiro atoms. The lowest BCUT2D eigenvalue weighted by molar-refractivity contribution is -0.384. The van der Waals surface area contributed by atoms with Crippen LogP contribution in [-0.4, -0.2) is 43.4 Å². The Hall–Kier alpha value is -3.47. The van der Waals surface area contributed by atoms with E-state index in [9.17, 15) is 14.9 Å². The van der Waals surface area contributed by atoms with E-state index in [1.807, 2.05) is 31.2 Å². The van der Waals surface area contributed by atoms with Gasteiger partial charge >= 0.3 is 0 Å². The Morgan fingerprint density at radius 1 is 1.31 bits per heavy atom. The summed E-state index contributed by atoms with van der Waals surface area (Å²) in [5.41, 5.74) is 1.65. The third-order valence-electron chi connectivity index (χ3n) is 3.87. The molecule has 0 radical (unpaired) electrons. The van der Waals surface area contributed by atoms with E-state index in [0.29, 0.717) is 17.5 Å². The van der Waals surface area contributed by atoms with E-state index in [-0.39, 0.29) is 17.1 Å². The maximum absolute atomic E-state index is 12.3. The number of ether oxygens (including phenoxy) is 1. The normalized spacial score (nSPS) is 10.6. The van der Waals surface area contributed by atoms with Crippen molar-refractivity contribution in [2.24, 2.45) is 0 Å². The first kappa shape index (κ1) is 20.3. The van der Waals surface area contributed by atoms with Gasteiger partial charge in [0.2, 0.25) is 11.1 Å². The number of carbonyl (C=O) groups is 1. The van der Waals surface area contributed by atoms with E-state index in [4.69, 9.17) is 4.74 Å². The number of aromatic nitrogens is 4. The van der Waals surface area contributed by atoms with Crippen LogP contribution in [0.1, 0.15) is 12.5 Å². The zero-order valence-corrected chi connectivity index (χ0v) is 16.5. The number of nitro benzene ring substituents is 1. The van der Waals surface area contributed by atoms with Crippen LogP contribution < -0.4 is 10.1 Å². The van der Waals surface area contributed by atoms with Crippen LogP contribution in [0.3, 0.4) is 0 Å². The number of hydrogen-bond acceptors (Lipinski definition) is 8. The number of nitrogens with zero attached hydrogens (tertiary/aromatic N) is 5. The zero-order valence-electron chi connectivity index (χ0n) is 15.7. The molecule has 0 saturated heterocycles. The standard InChI is InChI=1S/C18H18N6O4S/c1-3-28-13-8-9-14(16(10-13)24(26)27)19-17(25)11-29-18-20-21-22-23(18)15-7-5-4-6-12(15)2/h4-10H,3,11H2,1-2H3,(H,19,25). The number of anilines is 1. The molecule has 10 nitrogen and oxygen atoms in total. The summed E-state index contributed by atoms with van der Waals surface area (Å²) < 4.78 is 6.82. The largest absolute Gasteiger partial charge is 0.494 e. The van der Waals surface area contributed by atoms with Gasteiger partial charge in [-0.25, -0.2) is 0 Å². The van der Waals surface area contributed by atoms with Gasteiger partial charge in [0.05, 0.1) is 29.0 Å². The lowest BCUT2D eigenvalue weighted by Crippen LogP contribution is -2.15. The highest BCUT2D eigenvalue weighted by molar-refractivity contribution is 7.99. The summed E-state index contributed by atoms with van der Waals surface area (Å²) in [5, 5.41) is 25.9. The molecule has 29 heavy (non-hydrogen) atoms. The third-order valence-corrected chi connectivity index (χ3v) is 4.79. The van der Waals surface area contributed by atoms with Crippen molar-refractivity contribution in [3.05, 3.63) is 58.1 Å². The first-order valence-electron chi connectivity index (χ1n) is 8.68. The number of tetrazole rings is 1. The molecule has 2 aromatic carbocycles.